The van der Waals surface area contributed by atoms with Crippen LogP contribution >= 0.6 is 0 Å². The maximum absolute atomic E-state index is 6.12. The molecule has 0 bridgehead atoms. The van der Waals surface area contributed by atoms with Crippen molar-refractivity contribution in [3.05, 3.63) is 78.4 Å². The number of benzene rings is 3. The average Bonchev–Trinajstić information content (AvgIpc) is 2.49. The molecule has 98 valence electrons. The zero-order chi connectivity index (χ0) is 13.9. The topological polar surface area (TPSA) is 26.0 Å². The lowest BCUT2D eigenvalue weighted by Crippen LogP contribution is -1.91. The summed E-state index contributed by atoms with van der Waals surface area (Å²) in [6.07, 6.45) is 0. The van der Waals surface area contributed by atoms with Crippen LogP contribution in [-0.4, -0.2) is 0 Å². The maximum Gasteiger partial charge on any atom is 0.0393 e. The van der Waals surface area contributed by atoms with Crippen LogP contribution in [0.5, 0.6) is 0 Å². The molecule has 0 saturated heterocycles. The van der Waals surface area contributed by atoms with Gasteiger partial charge in [-0.3, -0.25) is 0 Å². The Bertz CT molecular complexity index is 727. The Balaban J connectivity index is 2.19. The summed E-state index contributed by atoms with van der Waals surface area (Å²) in [6, 6.07) is 25.0. The van der Waals surface area contributed by atoms with Gasteiger partial charge in [0, 0.05) is 11.3 Å². The summed E-state index contributed by atoms with van der Waals surface area (Å²) < 4.78 is 0. The largest absolute Gasteiger partial charge is 0.398 e. The van der Waals surface area contributed by atoms with Gasteiger partial charge in [0.25, 0.3) is 0 Å². The van der Waals surface area contributed by atoms with E-state index in [-0.39, 0.29) is 0 Å². The summed E-state index contributed by atoms with van der Waals surface area (Å²) in [5.74, 6) is 0. The molecule has 0 amide bonds. The summed E-state index contributed by atoms with van der Waals surface area (Å²) in [4.78, 5) is 0. The van der Waals surface area contributed by atoms with Gasteiger partial charge in [-0.2, -0.15) is 0 Å². The zero-order valence-corrected chi connectivity index (χ0v) is 11.5. The molecule has 0 saturated carbocycles. The van der Waals surface area contributed by atoms with Crippen molar-refractivity contribution in [1.82, 2.24) is 0 Å². The number of nitrogens with two attached hydrogens (primary N) is 1. The first-order chi connectivity index (χ1) is 9.75. The van der Waals surface area contributed by atoms with Gasteiger partial charge in [-0.25, -0.2) is 0 Å². The number of hydrogen-bond donors (Lipinski definition) is 1. The smallest absolute Gasteiger partial charge is 0.0393 e. The van der Waals surface area contributed by atoms with Gasteiger partial charge in [-0.15, -0.1) is 0 Å². The monoisotopic (exact) mass is 259 g/mol. The molecule has 0 aliphatic heterocycles. The van der Waals surface area contributed by atoms with Crippen LogP contribution in [0.3, 0.4) is 0 Å². The number of para-hydroxylation sites is 1. The molecule has 0 atom stereocenters. The fourth-order valence-corrected chi connectivity index (χ4v) is 2.45. The molecule has 3 rings (SSSR count). The lowest BCUT2D eigenvalue weighted by Gasteiger charge is -2.12. The third kappa shape index (κ3) is 2.30. The van der Waals surface area contributed by atoms with E-state index in [2.05, 4.69) is 61.5 Å². The van der Waals surface area contributed by atoms with Crippen LogP contribution in [0.25, 0.3) is 22.3 Å². The first kappa shape index (κ1) is 12.5. The highest BCUT2D eigenvalue weighted by Gasteiger charge is 2.08. The maximum atomic E-state index is 6.12. The minimum Gasteiger partial charge on any atom is -0.398 e. The highest BCUT2D eigenvalue weighted by Crippen LogP contribution is 2.34. The minimum absolute atomic E-state index is 0.812. The van der Waals surface area contributed by atoms with E-state index < -0.39 is 0 Å². The number of hydrogen-bond acceptors (Lipinski definition) is 1. The van der Waals surface area contributed by atoms with Crippen LogP contribution in [0.4, 0.5) is 5.69 Å². The normalized spacial score (nSPS) is 10.4. The SMILES string of the molecule is Cc1ccc(-c2ccccc2-c2ccccc2N)cc1. The number of aryl methyl sites for hydroxylation is 1. The predicted octanol–water partition coefficient (Wildman–Crippen LogP) is 4.91. The van der Waals surface area contributed by atoms with Crippen molar-refractivity contribution in [2.75, 3.05) is 5.73 Å². The third-order valence-electron chi connectivity index (χ3n) is 3.54. The lowest BCUT2D eigenvalue weighted by molar-refractivity contribution is 1.47. The minimum atomic E-state index is 0.812. The molecule has 0 heterocycles. The Hall–Kier alpha value is -2.54. The van der Waals surface area contributed by atoms with Crippen molar-refractivity contribution in [1.29, 1.82) is 0 Å². The molecule has 0 aliphatic rings. The number of rotatable bonds is 2. The van der Waals surface area contributed by atoms with E-state index in [1.807, 2.05) is 18.2 Å². The Kier molecular flexibility index (Phi) is 3.26. The van der Waals surface area contributed by atoms with Gasteiger partial charge in [0.05, 0.1) is 0 Å². The van der Waals surface area contributed by atoms with E-state index in [1.54, 1.807) is 0 Å². The Morgan fingerprint density at radius 2 is 1.15 bits per heavy atom. The number of nitrogen functional groups attached to an aromatic ring is 1. The molecule has 3 aromatic rings. The molecule has 3 aromatic carbocycles. The summed E-state index contributed by atoms with van der Waals surface area (Å²) in [5.41, 5.74) is 12.9. The average molecular weight is 259 g/mol. The quantitative estimate of drug-likeness (QED) is 0.650. The summed E-state index contributed by atoms with van der Waals surface area (Å²) in [6.45, 7) is 2.10. The Morgan fingerprint density at radius 1 is 0.600 bits per heavy atom. The van der Waals surface area contributed by atoms with Gasteiger partial charge in [-0.05, 0) is 29.7 Å². The van der Waals surface area contributed by atoms with Crippen molar-refractivity contribution in [3.8, 4) is 22.3 Å². The third-order valence-corrected chi connectivity index (χ3v) is 3.54. The molecular formula is C19H17N. The molecule has 0 unspecified atom stereocenters. The molecule has 0 aliphatic carbocycles. The zero-order valence-electron chi connectivity index (χ0n) is 11.5. The molecule has 0 aromatic heterocycles. The van der Waals surface area contributed by atoms with E-state index in [0.29, 0.717) is 0 Å². The molecular weight excluding hydrogens is 242 g/mol. The molecule has 1 heteroatoms. The number of anilines is 1. The van der Waals surface area contributed by atoms with Crippen molar-refractivity contribution in [3.63, 3.8) is 0 Å². The second-order valence-corrected chi connectivity index (χ2v) is 5.00. The van der Waals surface area contributed by atoms with Gasteiger partial charge >= 0.3 is 0 Å². The fourth-order valence-electron chi connectivity index (χ4n) is 2.45. The van der Waals surface area contributed by atoms with E-state index in [0.717, 1.165) is 11.3 Å². The fraction of sp³-hybridized carbons (Fsp3) is 0.0526. The predicted molar refractivity (Wildman–Crippen MR) is 86.5 cm³/mol. The van der Waals surface area contributed by atoms with Gasteiger partial charge < -0.3 is 5.73 Å². The van der Waals surface area contributed by atoms with E-state index in [1.165, 1.54) is 22.3 Å². The first-order valence-electron chi connectivity index (χ1n) is 6.76. The van der Waals surface area contributed by atoms with Crippen LogP contribution in [0.15, 0.2) is 72.8 Å². The second kappa shape index (κ2) is 5.22. The van der Waals surface area contributed by atoms with Crippen molar-refractivity contribution in [2.24, 2.45) is 0 Å². The van der Waals surface area contributed by atoms with E-state index >= 15 is 0 Å². The summed E-state index contributed by atoms with van der Waals surface area (Å²) in [7, 11) is 0. The van der Waals surface area contributed by atoms with Crippen molar-refractivity contribution >= 4 is 5.69 Å². The van der Waals surface area contributed by atoms with E-state index in [9.17, 15) is 0 Å². The van der Waals surface area contributed by atoms with Crippen LogP contribution in [0.1, 0.15) is 5.56 Å². The molecule has 2 N–H and O–H groups in total. The van der Waals surface area contributed by atoms with Crippen molar-refractivity contribution < 1.29 is 0 Å². The Labute approximate surface area is 119 Å². The molecule has 0 radical (unpaired) electrons. The highest BCUT2D eigenvalue weighted by atomic mass is 14.6. The van der Waals surface area contributed by atoms with Crippen LogP contribution < -0.4 is 5.73 Å². The van der Waals surface area contributed by atoms with Crippen molar-refractivity contribution in [2.45, 2.75) is 6.92 Å². The summed E-state index contributed by atoms with van der Waals surface area (Å²) in [5, 5.41) is 0. The standard InChI is InChI=1S/C19H17N/c1-14-10-12-15(13-11-14)16-6-2-3-7-17(16)18-8-4-5-9-19(18)20/h2-13H,20H2,1H3. The van der Waals surface area contributed by atoms with E-state index in [4.69, 9.17) is 5.73 Å². The second-order valence-electron chi connectivity index (χ2n) is 5.00. The molecule has 1 nitrogen and oxygen atoms in total. The molecule has 20 heavy (non-hydrogen) atoms. The lowest BCUT2D eigenvalue weighted by atomic mass is 9.93. The Morgan fingerprint density at radius 3 is 1.80 bits per heavy atom. The first-order valence-corrected chi connectivity index (χ1v) is 6.76. The summed E-state index contributed by atoms with van der Waals surface area (Å²) >= 11 is 0. The molecule has 0 fully saturated rings. The van der Waals surface area contributed by atoms with Crippen LogP contribution in [0.2, 0.25) is 0 Å². The highest BCUT2D eigenvalue weighted by molar-refractivity contribution is 5.88. The van der Waals surface area contributed by atoms with Crippen LogP contribution in [0, 0.1) is 6.92 Å². The van der Waals surface area contributed by atoms with Gasteiger partial charge in [0.15, 0.2) is 0 Å². The van der Waals surface area contributed by atoms with Crippen LogP contribution in [-0.2, 0) is 0 Å². The van der Waals surface area contributed by atoms with Gasteiger partial charge in [-0.1, -0.05) is 72.3 Å². The van der Waals surface area contributed by atoms with Gasteiger partial charge in [0.2, 0.25) is 0 Å². The molecule has 0 spiro atoms. The van der Waals surface area contributed by atoms with Gasteiger partial charge in [0.1, 0.15) is 0 Å².